The van der Waals surface area contributed by atoms with Crippen molar-refractivity contribution in [2.24, 2.45) is 10.8 Å². The smallest absolute Gasteiger partial charge is 0.254 e. The second-order valence-corrected chi connectivity index (χ2v) is 17.1. The molecule has 4 heterocycles. The summed E-state index contributed by atoms with van der Waals surface area (Å²) in [5.41, 5.74) is 1.91. The van der Waals surface area contributed by atoms with E-state index >= 15 is 0 Å². The molecule has 2 N–H and O–H groups in total. The van der Waals surface area contributed by atoms with Crippen molar-refractivity contribution in [2.75, 3.05) is 34.5 Å². The molecule has 0 fully saturated rings. The number of pyridine rings is 2. The van der Waals surface area contributed by atoms with E-state index in [1.54, 1.807) is 44.8 Å². The highest BCUT2D eigenvalue weighted by atomic mass is 32.2. The van der Waals surface area contributed by atoms with Crippen molar-refractivity contribution in [3.8, 4) is 11.8 Å². The predicted octanol–water partition coefficient (Wildman–Crippen LogP) is 6.50. The highest BCUT2D eigenvalue weighted by Crippen LogP contribution is 2.37. The minimum Gasteiger partial charge on any atom is -0.494 e. The van der Waals surface area contributed by atoms with E-state index in [9.17, 15) is 19.8 Å². The predicted molar refractivity (Wildman–Crippen MR) is 174 cm³/mol. The first-order valence-electron chi connectivity index (χ1n) is 14.3. The second-order valence-electron chi connectivity index (χ2n) is 12.4. The van der Waals surface area contributed by atoms with E-state index in [-0.39, 0.29) is 33.7 Å². The van der Waals surface area contributed by atoms with Crippen LogP contribution in [0.2, 0.25) is 0 Å². The highest BCUT2D eigenvalue weighted by molar-refractivity contribution is 8.02. The van der Waals surface area contributed by atoms with Crippen molar-refractivity contribution in [1.29, 1.82) is 0 Å². The average Bonchev–Trinajstić information content (AvgIpc) is 3.55. The summed E-state index contributed by atoms with van der Waals surface area (Å²) in [4.78, 5) is 26.9. The first-order valence-corrected chi connectivity index (χ1v) is 18.6. The van der Waals surface area contributed by atoms with E-state index in [1.165, 1.54) is 0 Å². The Kier molecular flexibility index (Phi) is 11.1. The molecule has 0 saturated carbocycles. The molecule has 0 saturated heterocycles. The summed E-state index contributed by atoms with van der Waals surface area (Å²) in [6, 6.07) is 3.38. The van der Waals surface area contributed by atoms with Gasteiger partial charge in [-0.3, -0.25) is 18.7 Å². The third-order valence-electron chi connectivity index (χ3n) is 8.15. The van der Waals surface area contributed by atoms with Gasteiger partial charge in [-0.05, 0) is 60.9 Å². The molecule has 0 spiro atoms. The summed E-state index contributed by atoms with van der Waals surface area (Å²) < 4.78 is 3.12. The standard InChI is InChI=1S/C30H44N2O4S4/c1-29(2,7-11-31-25(33)19-23-21(27(31)35)5-13-39-23)9-15-37-17-18-38-16-10-30(3,4)8-12-32-26(34)20-24-22(28(32)36)6-14-40-24/h19-20,35-36H,5-18H2,1-4H3. The van der Waals surface area contributed by atoms with Gasteiger partial charge in [-0.25, -0.2) is 0 Å². The first kappa shape index (κ1) is 31.8. The van der Waals surface area contributed by atoms with E-state index in [4.69, 9.17) is 0 Å². The molecule has 40 heavy (non-hydrogen) atoms. The fraction of sp³-hybridized carbons (Fsp3) is 0.667. The molecule has 0 unspecified atom stereocenters. The topological polar surface area (TPSA) is 84.5 Å². The van der Waals surface area contributed by atoms with Crippen molar-refractivity contribution in [3.05, 3.63) is 44.0 Å². The molecule has 10 heteroatoms. The second kappa shape index (κ2) is 13.9. The average molecular weight is 625 g/mol. The largest absolute Gasteiger partial charge is 0.494 e. The monoisotopic (exact) mass is 624 g/mol. The molecule has 0 aromatic carbocycles. The third kappa shape index (κ3) is 8.26. The zero-order valence-corrected chi connectivity index (χ0v) is 27.6. The van der Waals surface area contributed by atoms with Crippen molar-refractivity contribution in [1.82, 2.24) is 9.13 Å². The van der Waals surface area contributed by atoms with Crippen LogP contribution in [0, 0.1) is 10.8 Å². The Bertz CT molecular complexity index is 1200. The number of fused-ring (bicyclic) bond motifs is 2. The van der Waals surface area contributed by atoms with Crippen LogP contribution in [0.4, 0.5) is 0 Å². The van der Waals surface area contributed by atoms with Crippen LogP contribution in [0.15, 0.2) is 31.5 Å². The molecule has 0 atom stereocenters. The van der Waals surface area contributed by atoms with Gasteiger partial charge in [0.2, 0.25) is 0 Å². The SMILES string of the molecule is CC(C)(CCSCCSCCC(C)(C)CCn1c(O)c2c(cc1=O)SCC2)CCn1c(O)c2c(cc1=O)SCC2. The van der Waals surface area contributed by atoms with Crippen LogP contribution < -0.4 is 11.1 Å². The summed E-state index contributed by atoms with van der Waals surface area (Å²) in [5.74, 6) is 6.67. The summed E-state index contributed by atoms with van der Waals surface area (Å²) >= 11 is 7.30. The van der Waals surface area contributed by atoms with Gasteiger partial charge in [-0.2, -0.15) is 23.5 Å². The van der Waals surface area contributed by atoms with Crippen molar-refractivity contribution >= 4 is 47.0 Å². The van der Waals surface area contributed by atoms with Crippen LogP contribution in [0.5, 0.6) is 11.8 Å². The van der Waals surface area contributed by atoms with E-state index in [0.29, 0.717) is 13.1 Å². The van der Waals surface area contributed by atoms with Crippen LogP contribution in [-0.2, 0) is 25.9 Å². The van der Waals surface area contributed by atoms with Crippen LogP contribution in [0.3, 0.4) is 0 Å². The van der Waals surface area contributed by atoms with Crippen molar-refractivity contribution in [3.63, 3.8) is 0 Å². The summed E-state index contributed by atoms with van der Waals surface area (Å²) in [7, 11) is 0. The zero-order chi connectivity index (χ0) is 28.9. The van der Waals surface area contributed by atoms with Gasteiger partial charge in [0.15, 0.2) is 11.8 Å². The van der Waals surface area contributed by atoms with Crippen LogP contribution in [0.1, 0.15) is 64.5 Å². The highest BCUT2D eigenvalue weighted by Gasteiger charge is 2.24. The van der Waals surface area contributed by atoms with Crippen LogP contribution in [-0.4, -0.2) is 53.9 Å². The molecule has 0 radical (unpaired) electrons. The Balaban J connectivity index is 1.09. The summed E-state index contributed by atoms with van der Waals surface area (Å²) in [6.07, 6.45) is 5.57. The number of aromatic hydroxyl groups is 2. The van der Waals surface area contributed by atoms with E-state index in [1.807, 2.05) is 23.5 Å². The zero-order valence-electron chi connectivity index (χ0n) is 24.3. The first-order chi connectivity index (χ1) is 19.0. The van der Waals surface area contributed by atoms with Crippen LogP contribution >= 0.6 is 47.0 Å². The Morgan fingerprint density at radius 2 is 1.10 bits per heavy atom. The molecule has 6 nitrogen and oxygen atoms in total. The number of hydrogen-bond acceptors (Lipinski definition) is 8. The molecule has 0 amide bonds. The molecule has 2 aromatic rings. The summed E-state index contributed by atoms with van der Waals surface area (Å²) in [6.45, 7) is 10.1. The van der Waals surface area contributed by atoms with E-state index in [2.05, 4.69) is 27.7 Å². The molecule has 4 rings (SSSR count). The van der Waals surface area contributed by atoms with Crippen molar-refractivity contribution < 1.29 is 10.2 Å². The Hall–Kier alpha value is -1.10. The lowest BCUT2D eigenvalue weighted by molar-refractivity contribution is 0.289. The van der Waals surface area contributed by atoms with Gasteiger partial charge in [-0.15, -0.1) is 23.5 Å². The number of hydrogen-bond donors (Lipinski definition) is 2. The lowest BCUT2D eigenvalue weighted by Crippen LogP contribution is -2.24. The van der Waals surface area contributed by atoms with Gasteiger partial charge in [0.25, 0.3) is 11.1 Å². The number of rotatable bonds is 15. The number of nitrogens with zero attached hydrogens (tertiary/aromatic N) is 2. The lowest BCUT2D eigenvalue weighted by atomic mass is 9.86. The molecule has 0 bridgehead atoms. The van der Waals surface area contributed by atoms with Gasteiger partial charge >= 0.3 is 0 Å². The molecular weight excluding hydrogens is 581 g/mol. The molecule has 222 valence electrons. The molecule has 2 aliphatic heterocycles. The number of aromatic nitrogens is 2. The van der Waals surface area contributed by atoms with Crippen LogP contribution in [0.25, 0.3) is 0 Å². The quantitative estimate of drug-likeness (QED) is 0.218. The maximum atomic E-state index is 12.5. The Morgan fingerprint density at radius 1 is 0.700 bits per heavy atom. The number of thioether (sulfide) groups is 4. The third-order valence-corrected chi connectivity index (χ3v) is 12.5. The molecule has 2 aromatic heterocycles. The maximum absolute atomic E-state index is 12.5. The maximum Gasteiger partial charge on any atom is 0.254 e. The normalized spacial score (nSPS) is 15.0. The van der Waals surface area contributed by atoms with Crippen molar-refractivity contribution in [2.45, 2.75) is 89.1 Å². The van der Waals surface area contributed by atoms with Gasteiger partial charge < -0.3 is 10.2 Å². The fourth-order valence-electron chi connectivity index (χ4n) is 5.09. The van der Waals surface area contributed by atoms with E-state index in [0.717, 1.165) is 94.0 Å². The Morgan fingerprint density at radius 3 is 1.50 bits per heavy atom. The molecule has 2 aliphatic rings. The fourth-order valence-corrected chi connectivity index (χ4v) is 9.99. The minimum absolute atomic E-state index is 0.0921. The van der Waals surface area contributed by atoms with Gasteiger partial charge in [0.05, 0.1) is 0 Å². The minimum atomic E-state index is -0.0921. The van der Waals surface area contributed by atoms with Gasteiger partial charge in [-0.1, -0.05) is 27.7 Å². The van der Waals surface area contributed by atoms with E-state index < -0.39 is 0 Å². The Labute approximate surface area is 255 Å². The van der Waals surface area contributed by atoms with Gasteiger partial charge in [0.1, 0.15) is 0 Å². The summed E-state index contributed by atoms with van der Waals surface area (Å²) in [5, 5.41) is 21.2. The molecule has 0 aliphatic carbocycles. The molecular formula is C30H44N2O4S4. The lowest BCUT2D eigenvalue weighted by Gasteiger charge is -2.26. The van der Waals surface area contributed by atoms with Gasteiger partial charge in [0, 0.05) is 69.2 Å².